The van der Waals surface area contributed by atoms with E-state index in [9.17, 15) is 14.4 Å². The minimum absolute atomic E-state index is 0.00169. The number of amides is 2. The Kier molecular flexibility index (Phi) is 9.08. The van der Waals surface area contributed by atoms with Crippen molar-refractivity contribution in [2.45, 2.75) is 58.5 Å². The third-order valence-electron chi connectivity index (χ3n) is 8.96. The Morgan fingerprint density at radius 3 is 2.42 bits per heavy atom. The van der Waals surface area contributed by atoms with Gasteiger partial charge in [0.25, 0.3) is 5.91 Å². The van der Waals surface area contributed by atoms with Gasteiger partial charge in [0.1, 0.15) is 5.58 Å². The van der Waals surface area contributed by atoms with Gasteiger partial charge in [0, 0.05) is 49.4 Å². The van der Waals surface area contributed by atoms with Crippen molar-refractivity contribution in [1.82, 2.24) is 10.2 Å². The van der Waals surface area contributed by atoms with Crippen molar-refractivity contribution in [3.05, 3.63) is 122 Å². The van der Waals surface area contributed by atoms with Gasteiger partial charge in [-0.2, -0.15) is 0 Å². The second-order valence-electron chi connectivity index (χ2n) is 12.2. The van der Waals surface area contributed by atoms with Gasteiger partial charge in [0.05, 0.1) is 11.4 Å². The van der Waals surface area contributed by atoms with Crippen molar-refractivity contribution in [1.29, 1.82) is 0 Å². The molecule has 1 aromatic heterocycles. The first-order valence-corrected chi connectivity index (χ1v) is 16.0. The van der Waals surface area contributed by atoms with Crippen LogP contribution in [0.25, 0.3) is 11.0 Å². The van der Waals surface area contributed by atoms with Crippen molar-refractivity contribution in [2.75, 3.05) is 24.5 Å². The molecule has 2 fully saturated rings. The summed E-state index contributed by atoms with van der Waals surface area (Å²) in [6.07, 6.45) is 6.00. The van der Waals surface area contributed by atoms with E-state index in [1.54, 1.807) is 0 Å². The monoisotopic (exact) mass is 623 g/mol. The van der Waals surface area contributed by atoms with Gasteiger partial charge in [-0.1, -0.05) is 53.6 Å². The molecule has 1 N–H and O–H groups in total. The average molecular weight is 624 g/mol. The second kappa shape index (κ2) is 13.3. The van der Waals surface area contributed by atoms with Gasteiger partial charge in [-0.3, -0.25) is 14.4 Å². The SMILES string of the molecule is Cc1cc2oc(C(=O)N[C@H](C=C3CCN(c4ccccc4CN4CCCC4=O)CC3)Cc3ccc(Cl)cc3)cc(=O)c2cc1C. The predicted octanol–water partition coefficient (Wildman–Crippen LogP) is 6.75. The van der Waals surface area contributed by atoms with Gasteiger partial charge < -0.3 is 19.5 Å². The van der Waals surface area contributed by atoms with E-state index < -0.39 is 5.91 Å². The molecule has 0 aliphatic carbocycles. The molecule has 0 spiro atoms. The summed E-state index contributed by atoms with van der Waals surface area (Å²) in [4.78, 5) is 43.0. The largest absolute Gasteiger partial charge is 0.451 e. The van der Waals surface area contributed by atoms with Crippen molar-refractivity contribution in [3.8, 4) is 0 Å². The van der Waals surface area contributed by atoms with E-state index in [-0.39, 0.29) is 23.1 Å². The van der Waals surface area contributed by atoms with Crippen molar-refractivity contribution in [2.24, 2.45) is 0 Å². The maximum Gasteiger partial charge on any atom is 0.287 e. The summed E-state index contributed by atoms with van der Waals surface area (Å²) in [7, 11) is 0. The number of rotatable bonds is 8. The van der Waals surface area contributed by atoms with Crippen LogP contribution < -0.4 is 15.6 Å². The highest BCUT2D eigenvalue weighted by molar-refractivity contribution is 6.30. The highest BCUT2D eigenvalue weighted by Crippen LogP contribution is 2.29. The molecule has 0 unspecified atom stereocenters. The normalized spacial score (nSPS) is 15.9. The van der Waals surface area contributed by atoms with Crippen LogP contribution in [-0.4, -0.2) is 42.4 Å². The Hall–Kier alpha value is -4.36. The van der Waals surface area contributed by atoms with E-state index in [4.69, 9.17) is 16.0 Å². The molecule has 3 aromatic carbocycles. The number of halogens is 1. The Morgan fingerprint density at radius 2 is 1.69 bits per heavy atom. The molecule has 7 nitrogen and oxygen atoms in total. The predicted molar refractivity (Wildman–Crippen MR) is 179 cm³/mol. The zero-order chi connectivity index (χ0) is 31.5. The lowest BCUT2D eigenvalue weighted by Crippen LogP contribution is -2.37. The minimum atomic E-state index is -0.425. The Bertz CT molecular complexity index is 1820. The number of hydrogen-bond acceptors (Lipinski definition) is 5. The number of benzene rings is 3. The summed E-state index contributed by atoms with van der Waals surface area (Å²) < 4.78 is 5.94. The van der Waals surface area contributed by atoms with Gasteiger partial charge in [-0.15, -0.1) is 0 Å². The lowest BCUT2D eigenvalue weighted by Gasteiger charge is -2.33. The average Bonchev–Trinajstić information content (AvgIpc) is 3.43. The van der Waals surface area contributed by atoms with E-state index >= 15 is 0 Å². The number of likely N-dealkylation sites (tertiary alicyclic amines) is 1. The highest BCUT2D eigenvalue weighted by atomic mass is 35.5. The number of carbonyl (C=O) groups excluding carboxylic acids is 2. The van der Waals surface area contributed by atoms with Gasteiger partial charge >= 0.3 is 0 Å². The van der Waals surface area contributed by atoms with E-state index in [1.165, 1.54) is 22.9 Å². The van der Waals surface area contributed by atoms with Crippen LogP contribution in [0.2, 0.25) is 5.02 Å². The molecular formula is C37H38ClN3O4. The number of nitrogens with one attached hydrogen (secondary N) is 1. The number of piperidine rings is 1. The first kappa shape index (κ1) is 30.7. The maximum absolute atomic E-state index is 13.5. The molecular weight excluding hydrogens is 586 g/mol. The van der Waals surface area contributed by atoms with E-state index in [2.05, 4.69) is 34.5 Å². The summed E-state index contributed by atoms with van der Waals surface area (Å²) in [5, 5.41) is 4.25. The first-order valence-electron chi connectivity index (χ1n) is 15.6. The molecule has 8 heteroatoms. The van der Waals surface area contributed by atoms with Crippen LogP contribution in [0, 0.1) is 13.8 Å². The number of fused-ring (bicyclic) bond motifs is 1. The minimum Gasteiger partial charge on any atom is -0.451 e. The lowest BCUT2D eigenvalue weighted by molar-refractivity contribution is -0.128. The standard InChI is InChI=1S/C37H38ClN3O4/c1-24-18-31-33(42)22-35(45-34(31)19-25(24)2)37(44)39-30(20-26-9-11-29(38)12-10-26)21-27-13-16-40(17-14-27)32-7-4-3-6-28(32)23-41-15-5-8-36(41)43/h3-4,6-7,9-12,18-19,21-22,30H,5,8,13-17,20,23H2,1-2H3,(H,39,44)/t30-/m0/s1. The van der Waals surface area contributed by atoms with E-state index in [0.717, 1.165) is 55.6 Å². The molecule has 2 aliphatic heterocycles. The zero-order valence-corrected chi connectivity index (χ0v) is 26.5. The summed E-state index contributed by atoms with van der Waals surface area (Å²) >= 11 is 6.13. The van der Waals surface area contributed by atoms with Crippen molar-refractivity contribution < 1.29 is 14.0 Å². The Morgan fingerprint density at radius 1 is 0.956 bits per heavy atom. The second-order valence-corrected chi connectivity index (χ2v) is 12.6. The zero-order valence-electron chi connectivity index (χ0n) is 25.8. The fraction of sp³-hybridized carbons (Fsp3) is 0.324. The van der Waals surface area contributed by atoms with Gasteiger partial charge in [0.15, 0.2) is 11.2 Å². The van der Waals surface area contributed by atoms with Crippen LogP contribution in [0.3, 0.4) is 0 Å². The molecule has 0 bridgehead atoms. The third kappa shape index (κ3) is 7.15. The molecule has 2 aliphatic rings. The lowest BCUT2D eigenvalue weighted by atomic mass is 9.97. The number of anilines is 1. The topological polar surface area (TPSA) is 82.9 Å². The van der Waals surface area contributed by atoms with E-state index in [0.29, 0.717) is 35.4 Å². The fourth-order valence-electron chi connectivity index (χ4n) is 6.30. The molecule has 45 heavy (non-hydrogen) atoms. The molecule has 0 saturated carbocycles. The quantitative estimate of drug-likeness (QED) is 0.220. The summed E-state index contributed by atoms with van der Waals surface area (Å²) in [5.74, 6) is -0.195. The highest BCUT2D eigenvalue weighted by Gasteiger charge is 2.24. The Labute approximate surface area is 268 Å². The molecule has 1 atom stereocenters. The maximum atomic E-state index is 13.5. The molecule has 2 amide bonds. The number of para-hydroxylation sites is 1. The number of nitrogens with zero attached hydrogens (tertiary/aromatic N) is 2. The molecule has 6 rings (SSSR count). The summed E-state index contributed by atoms with van der Waals surface area (Å²) in [5.41, 5.74) is 6.82. The van der Waals surface area contributed by atoms with Gasteiger partial charge in [-0.25, -0.2) is 0 Å². The van der Waals surface area contributed by atoms with E-state index in [1.807, 2.05) is 61.2 Å². The molecule has 232 valence electrons. The van der Waals surface area contributed by atoms with Crippen molar-refractivity contribution in [3.63, 3.8) is 0 Å². The molecule has 2 saturated heterocycles. The molecule has 0 radical (unpaired) electrons. The summed E-state index contributed by atoms with van der Waals surface area (Å²) in [6.45, 7) is 7.06. The van der Waals surface area contributed by atoms with Gasteiger partial charge in [0.2, 0.25) is 5.91 Å². The third-order valence-corrected chi connectivity index (χ3v) is 9.21. The number of hydrogen-bond donors (Lipinski definition) is 1. The van der Waals surface area contributed by atoms with Crippen LogP contribution in [0.15, 0.2) is 87.6 Å². The Balaban J connectivity index is 1.20. The van der Waals surface area contributed by atoms with Crippen LogP contribution in [-0.2, 0) is 17.8 Å². The number of carbonyl (C=O) groups is 2. The number of aryl methyl sites for hydroxylation is 2. The summed E-state index contributed by atoms with van der Waals surface area (Å²) in [6, 6.07) is 20.6. The van der Waals surface area contributed by atoms with Gasteiger partial charge in [-0.05, 0) is 92.1 Å². The molecule has 4 aromatic rings. The molecule has 3 heterocycles. The van der Waals surface area contributed by atoms with Crippen LogP contribution in [0.1, 0.15) is 58.5 Å². The van der Waals surface area contributed by atoms with Crippen LogP contribution >= 0.6 is 11.6 Å². The fourth-order valence-corrected chi connectivity index (χ4v) is 6.43. The smallest absolute Gasteiger partial charge is 0.287 e. The van der Waals surface area contributed by atoms with Crippen LogP contribution in [0.4, 0.5) is 5.69 Å². The van der Waals surface area contributed by atoms with Crippen LogP contribution in [0.5, 0.6) is 0 Å². The van der Waals surface area contributed by atoms with Crippen molar-refractivity contribution >= 4 is 40.1 Å². The first-order chi connectivity index (χ1) is 21.7.